The van der Waals surface area contributed by atoms with E-state index in [4.69, 9.17) is 28.4 Å². The normalized spacial score (nSPS) is 34.6. The van der Waals surface area contributed by atoms with Gasteiger partial charge >= 0.3 is 11.9 Å². The van der Waals surface area contributed by atoms with Gasteiger partial charge in [0.2, 0.25) is 0 Å². The Kier molecular flexibility index (Phi) is 8.43. The highest BCUT2D eigenvalue weighted by atomic mass is 16.7. The maximum Gasteiger partial charge on any atom is 0.311 e. The first kappa shape index (κ1) is 23.9. The largest absolute Gasteiger partial charge is 0.436 e. The van der Waals surface area contributed by atoms with Gasteiger partial charge in [0, 0.05) is 0 Å². The molecule has 32 heavy (non-hydrogen) atoms. The topological polar surface area (TPSA) is 96.1 Å². The predicted octanol–water partition coefficient (Wildman–Crippen LogP) is 3.49. The molecular formula is C24H38O8. The van der Waals surface area contributed by atoms with Gasteiger partial charge in [0.1, 0.15) is 0 Å². The van der Waals surface area contributed by atoms with Gasteiger partial charge in [-0.25, -0.2) is 0 Å². The van der Waals surface area contributed by atoms with E-state index in [1.165, 1.54) is 0 Å². The molecule has 2 saturated heterocycles. The Morgan fingerprint density at radius 2 is 1.12 bits per heavy atom. The highest BCUT2D eigenvalue weighted by molar-refractivity contribution is 5.73. The Hall–Kier alpha value is -1.22. The Morgan fingerprint density at radius 3 is 1.53 bits per heavy atom. The van der Waals surface area contributed by atoms with Crippen molar-refractivity contribution in [1.82, 2.24) is 0 Å². The molecule has 182 valence electrons. The van der Waals surface area contributed by atoms with Crippen molar-refractivity contribution in [2.24, 2.45) is 11.8 Å². The van der Waals surface area contributed by atoms with Crippen LogP contribution in [0.2, 0.25) is 0 Å². The number of carbonyl (C=O) groups excluding carboxylic acids is 2. The number of hydrogen-bond acceptors (Lipinski definition) is 8. The van der Waals surface area contributed by atoms with Crippen LogP contribution in [0.1, 0.15) is 78.1 Å². The summed E-state index contributed by atoms with van der Waals surface area (Å²) in [4.78, 5) is 24.4. The number of carbonyl (C=O) groups is 2. The third kappa shape index (κ3) is 7.14. The molecule has 2 heterocycles. The lowest BCUT2D eigenvalue weighted by atomic mass is 9.89. The fourth-order valence-corrected chi connectivity index (χ4v) is 4.88. The third-order valence-electron chi connectivity index (χ3n) is 6.98. The van der Waals surface area contributed by atoms with Gasteiger partial charge in [-0.05, 0) is 65.2 Å². The molecule has 0 N–H and O–H groups in total. The second kappa shape index (κ2) is 11.3. The van der Waals surface area contributed by atoms with Gasteiger partial charge in [0.25, 0.3) is 0 Å². The van der Waals surface area contributed by atoms with Crippen molar-refractivity contribution in [1.29, 1.82) is 0 Å². The zero-order valence-corrected chi connectivity index (χ0v) is 19.4. The first-order valence-corrected chi connectivity index (χ1v) is 12.4. The summed E-state index contributed by atoms with van der Waals surface area (Å²) in [6.07, 6.45) is 9.30. The number of fused-ring (bicyclic) bond motifs is 2. The van der Waals surface area contributed by atoms with Crippen LogP contribution < -0.4 is 0 Å². The van der Waals surface area contributed by atoms with Gasteiger partial charge in [-0.3, -0.25) is 9.59 Å². The van der Waals surface area contributed by atoms with E-state index in [0.717, 1.165) is 64.2 Å². The van der Waals surface area contributed by atoms with Crippen LogP contribution in [0.25, 0.3) is 0 Å². The maximum absolute atomic E-state index is 12.2. The molecule has 0 amide bonds. The van der Waals surface area contributed by atoms with E-state index in [1.54, 1.807) is 13.8 Å². The van der Waals surface area contributed by atoms with Crippen LogP contribution in [0, 0.1) is 11.8 Å². The van der Waals surface area contributed by atoms with E-state index in [9.17, 15) is 9.59 Å². The lowest BCUT2D eigenvalue weighted by Gasteiger charge is -2.21. The van der Waals surface area contributed by atoms with Crippen molar-refractivity contribution in [3.8, 4) is 0 Å². The molecule has 8 nitrogen and oxygen atoms in total. The van der Waals surface area contributed by atoms with Crippen LogP contribution in [0.4, 0.5) is 0 Å². The zero-order valence-electron chi connectivity index (χ0n) is 19.4. The molecule has 2 aliphatic heterocycles. The Bertz CT molecular complexity index is 585. The van der Waals surface area contributed by atoms with Gasteiger partial charge in [-0.1, -0.05) is 12.8 Å². The molecule has 2 aliphatic carbocycles. The molecule has 0 aromatic rings. The molecule has 0 spiro atoms. The van der Waals surface area contributed by atoms with Crippen LogP contribution in [0.5, 0.6) is 0 Å². The number of ether oxygens (including phenoxy) is 6. The summed E-state index contributed by atoms with van der Waals surface area (Å²) < 4.78 is 33.0. The molecular weight excluding hydrogens is 416 g/mol. The van der Waals surface area contributed by atoms with E-state index in [0.29, 0.717) is 25.4 Å². The summed E-state index contributed by atoms with van der Waals surface area (Å²) in [5, 5.41) is 0. The SMILES string of the molecule is CC(OCCCCCCOC(C)OC(=O)C1CCC2OC2C1)OC(=O)C1CCC2OC2C1. The quantitative estimate of drug-likeness (QED) is 0.181. The second-order valence-electron chi connectivity index (χ2n) is 9.61. The lowest BCUT2D eigenvalue weighted by Crippen LogP contribution is -2.28. The Labute approximate surface area is 190 Å². The van der Waals surface area contributed by atoms with Crippen molar-refractivity contribution in [2.75, 3.05) is 13.2 Å². The highest BCUT2D eigenvalue weighted by Gasteiger charge is 2.47. The smallest absolute Gasteiger partial charge is 0.311 e. The van der Waals surface area contributed by atoms with E-state index in [-0.39, 0.29) is 36.0 Å². The molecule has 4 aliphatic rings. The Morgan fingerprint density at radius 1 is 0.688 bits per heavy atom. The van der Waals surface area contributed by atoms with E-state index < -0.39 is 12.6 Å². The van der Waals surface area contributed by atoms with Gasteiger partial charge in [-0.2, -0.15) is 0 Å². The van der Waals surface area contributed by atoms with Crippen LogP contribution in [-0.4, -0.2) is 62.1 Å². The molecule has 8 atom stereocenters. The van der Waals surface area contributed by atoms with E-state index >= 15 is 0 Å². The first-order chi connectivity index (χ1) is 15.5. The molecule has 2 saturated carbocycles. The van der Waals surface area contributed by atoms with Gasteiger partial charge in [0.05, 0.1) is 49.5 Å². The molecule has 0 aromatic heterocycles. The zero-order chi connectivity index (χ0) is 22.5. The number of esters is 2. The second-order valence-corrected chi connectivity index (χ2v) is 9.61. The minimum atomic E-state index is -0.513. The average molecular weight is 455 g/mol. The summed E-state index contributed by atoms with van der Waals surface area (Å²) in [6.45, 7) is 4.68. The first-order valence-electron chi connectivity index (χ1n) is 12.4. The van der Waals surface area contributed by atoms with Crippen LogP contribution in [-0.2, 0) is 38.0 Å². The number of hydrogen-bond donors (Lipinski definition) is 0. The summed E-state index contributed by atoms with van der Waals surface area (Å²) in [7, 11) is 0. The Balaban J connectivity index is 0.949. The van der Waals surface area contributed by atoms with Crippen molar-refractivity contribution in [3.63, 3.8) is 0 Å². The third-order valence-corrected chi connectivity index (χ3v) is 6.98. The minimum absolute atomic E-state index is 0.0475. The molecule has 0 bridgehead atoms. The lowest BCUT2D eigenvalue weighted by molar-refractivity contribution is -0.182. The molecule has 8 heteroatoms. The molecule has 4 fully saturated rings. The van der Waals surface area contributed by atoms with Crippen LogP contribution >= 0.6 is 0 Å². The fourth-order valence-electron chi connectivity index (χ4n) is 4.88. The van der Waals surface area contributed by atoms with Crippen molar-refractivity contribution >= 4 is 11.9 Å². The molecule has 4 rings (SSSR count). The summed E-state index contributed by atoms with van der Waals surface area (Å²) in [6, 6.07) is 0. The van der Waals surface area contributed by atoms with Gasteiger partial charge in [0.15, 0.2) is 12.6 Å². The summed E-state index contributed by atoms with van der Waals surface area (Å²) in [5.41, 5.74) is 0. The van der Waals surface area contributed by atoms with Crippen LogP contribution in [0.3, 0.4) is 0 Å². The minimum Gasteiger partial charge on any atom is -0.436 e. The summed E-state index contributed by atoms with van der Waals surface area (Å²) in [5.74, 6) is -0.415. The average Bonchev–Trinajstić information content (AvgIpc) is 3.68. The monoisotopic (exact) mass is 454 g/mol. The van der Waals surface area contributed by atoms with Gasteiger partial charge in [-0.15, -0.1) is 0 Å². The molecule has 8 unspecified atom stereocenters. The predicted molar refractivity (Wildman–Crippen MR) is 113 cm³/mol. The van der Waals surface area contributed by atoms with Gasteiger partial charge < -0.3 is 28.4 Å². The number of epoxide rings is 2. The molecule has 0 aromatic carbocycles. The number of rotatable bonds is 13. The van der Waals surface area contributed by atoms with Crippen molar-refractivity contribution in [2.45, 2.75) is 115 Å². The van der Waals surface area contributed by atoms with E-state index in [1.807, 2.05) is 0 Å². The number of unbranched alkanes of at least 4 members (excludes halogenated alkanes) is 3. The van der Waals surface area contributed by atoms with E-state index in [2.05, 4.69) is 0 Å². The van der Waals surface area contributed by atoms with Crippen LogP contribution in [0.15, 0.2) is 0 Å². The highest BCUT2D eigenvalue weighted by Crippen LogP contribution is 2.40. The van der Waals surface area contributed by atoms with Crippen molar-refractivity contribution < 1.29 is 38.0 Å². The fraction of sp³-hybridized carbons (Fsp3) is 0.917. The maximum atomic E-state index is 12.2. The summed E-state index contributed by atoms with van der Waals surface area (Å²) >= 11 is 0. The standard InChI is InChI=1S/C24H38O8/c1-15(29-23(25)17-7-9-19-21(13-17)31-19)27-11-5-3-4-6-12-28-16(2)30-24(26)18-8-10-20-22(14-18)32-20/h15-22H,3-14H2,1-2H3. The molecule has 0 radical (unpaired) electrons. The van der Waals surface area contributed by atoms with Crippen molar-refractivity contribution in [3.05, 3.63) is 0 Å².